The molecule has 3 amide bonds. The fourth-order valence-electron chi connectivity index (χ4n) is 5.37. The maximum Gasteiger partial charge on any atom is 0.408 e. The molecule has 4 aromatic rings. The highest BCUT2D eigenvalue weighted by atomic mass is 32.2. The van der Waals surface area contributed by atoms with Gasteiger partial charge in [-0.25, -0.2) is 9.48 Å². The lowest BCUT2D eigenvalue weighted by Gasteiger charge is -2.36. The van der Waals surface area contributed by atoms with Crippen molar-refractivity contribution in [1.29, 1.82) is 0 Å². The number of imide groups is 1. The first-order valence-corrected chi connectivity index (χ1v) is 16.1. The molecule has 0 radical (unpaired) electrons. The molecule has 0 aliphatic carbocycles. The summed E-state index contributed by atoms with van der Waals surface area (Å²) < 4.78 is 19.6. The Morgan fingerprint density at radius 1 is 0.979 bits per heavy atom. The minimum Gasteiger partial charge on any atom is -0.445 e. The summed E-state index contributed by atoms with van der Waals surface area (Å²) in [5.74, 6) is -0.256. The smallest absolute Gasteiger partial charge is 0.408 e. The summed E-state index contributed by atoms with van der Waals surface area (Å²) in [5.41, 5.74) is 4.11. The van der Waals surface area contributed by atoms with E-state index in [1.165, 1.54) is 11.8 Å². The molecule has 2 fully saturated rings. The van der Waals surface area contributed by atoms with E-state index < -0.39 is 24.3 Å². The molecule has 2 aliphatic heterocycles. The van der Waals surface area contributed by atoms with Crippen LogP contribution in [0.4, 0.5) is 4.79 Å². The van der Waals surface area contributed by atoms with Crippen LogP contribution in [0, 0.1) is 0 Å². The molecule has 4 atom stereocenters. The number of nitrogens with zero attached hydrogens (tertiary/aromatic N) is 5. The van der Waals surface area contributed by atoms with Crippen LogP contribution >= 0.6 is 11.8 Å². The average Bonchev–Trinajstić information content (AvgIpc) is 3.63. The first-order valence-electron chi connectivity index (χ1n) is 15.1. The maximum atomic E-state index is 13.0. The lowest BCUT2D eigenvalue weighted by Crippen LogP contribution is -2.41. The Bertz CT molecular complexity index is 1690. The Morgan fingerprint density at radius 3 is 2.40 bits per heavy atom. The van der Waals surface area contributed by atoms with Gasteiger partial charge in [-0.2, -0.15) is 0 Å². The van der Waals surface area contributed by atoms with Crippen LogP contribution in [0.5, 0.6) is 0 Å². The zero-order chi connectivity index (χ0) is 32.8. The number of aryl methyl sites for hydroxylation is 1. The summed E-state index contributed by atoms with van der Waals surface area (Å²) in [4.78, 5) is 39.2. The van der Waals surface area contributed by atoms with Crippen molar-refractivity contribution in [3.8, 4) is 0 Å². The van der Waals surface area contributed by atoms with Crippen molar-refractivity contribution in [2.24, 2.45) is 7.05 Å². The number of rotatable bonds is 11. The number of carbonyl (C=O) groups excluding carboxylic acids is 3. The number of tetrazole rings is 1. The Hall–Kier alpha value is -4.63. The third-order valence-electron chi connectivity index (χ3n) is 7.94. The van der Waals surface area contributed by atoms with Gasteiger partial charge in [0, 0.05) is 24.8 Å². The van der Waals surface area contributed by atoms with Gasteiger partial charge in [0.25, 0.3) is 5.91 Å². The third-order valence-corrected chi connectivity index (χ3v) is 9.08. The summed E-state index contributed by atoms with van der Waals surface area (Å²) in [6, 6.07) is 23.2. The van der Waals surface area contributed by atoms with Crippen molar-refractivity contribution in [3.05, 3.63) is 107 Å². The van der Waals surface area contributed by atoms with E-state index in [4.69, 9.17) is 14.2 Å². The molecule has 6 rings (SSSR count). The number of hydrogen-bond donors (Lipinski definition) is 2. The highest BCUT2D eigenvalue weighted by Gasteiger charge is 2.40. The number of hydrogen-bond acceptors (Lipinski definition) is 11. The van der Waals surface area contributed by atoms with Crippen LogP contribution in [0.1, 0.15) is 53.1 Å². The van der Waals surface area contributed by atoms with Gasteiger partial charge in [-0.15, -0.1) is 5.10 Å². The molecule has 1 aromatic heterocycles. The lowest BCUT2D eigenvalue weighted by atomic mass is 10.0. The van der Waals surface area contributed by atoms with Crippen LogP contribution < -0.4 is 5.32 Å². The Morgan fingerprint density at radius 2 is 1.70 bits per heavy atom. The minimum absolute atomic E-state index is 0.0397. The number of benzene rings is 3. The van der Waals surface area contributed by atoms with Gasteiger partial charge in [-0.1, -0.05) is 90.6 Å². The number of thioether (sulfide) groups is 1. The van der Waals surface area contributed by atoms with Crippen molar-refractivity contribution in [2.45, 2.75) is 62.3 Å². The molecule has 0 spiro atoms. The Kier molecular flexibility index (Phi) is 10.2. The summed E-state index contributed by atoms with van der Waals surface area (Å²) in [5, 5.41) is 24.3. The number of aliphatic hydroxyl groups is 1. The topological polar surface area (TPSA) is 158 Å². The minimum atomic E-state index is -0.982. The fourth-order valence-corrected chi connectivity index (χ4v) is 6.23. The Labute approximate surface area is 275 Å². The van der Waals surface area contributed by atoms with Crippen molar-refractivity contribution in [1.82, 2.24) is 30.4 Å². The monoisotopic (exact) mass is 658 g/mol. The van der Waals surface area contributed by atoms with Crippen LogP contribution in [0.15, 0.2) is 84.0 Å². The van der Waals surface area contributed by atoms with Gasteiger partial charge in [-0.05, 0) is 32.7 Å². The van der Waals surface area contributed by atoms with Gasteiger partial charge >= 0.3 is 6.09 Å². The van der Waals surface area contributed by atoms with Crippen LogP contribution in [0.2, 0.25) is 0 Å². The number of likely N-dealkylation sites (tertiary alicyclic amines) is 1. The average molecular weight is 659 g/mol. The summed E-state index contributed by atoms with van der Waals surface area (Å²) in [6.45, 7) is 0.0792. The highest BCUT2D eigenvalue weighted by Crippen LogP contribution is 2.39. The summed E-state index contributed by atoms with van der Waals surface area (Å²) in [6.07, 6.45) is -1.39. The molecule has 2 N–H and O–H groups in total. The van der Waals surface area contributed by atoms with E-state index in [0.717, 1.165) is 32.7 Å². The molecule has 13 nitrogen and oxygen atoms in total. The van der Waals surface area contributed by atoms with Gasteiger partial charge < -0.3 is 24.6 Å². The zero-order valence-corrected chi connectivity index (χ0v) is 26.4. The molecule has 0 saturated carbocycles. The van der Waals surface area contributed by atoms with Crippen molar-refractivity contribution in [3.63, 3.8) is 0 Å². The Balaban J connectivity index is 1.08. The molecule has 244 valence electrons. The fraction of sp³-hybridized carbons (Fsp3) is 0.333. The number of aliphatic hydroxyl groups excluding tert-OH is 1. The molecular formula is C33H34N6O7S. The molecular weight excluding hydrogens is 624 g/mol. The number of alkyl carbamates (subject to hydrolysis) is 1. The second-order valence-corrected chi connectivity index (χ2v) is 12.3. The molecule has 0 bridgehead atoms. The van der Waals surface area contributed by atoms with E-state index in [1.54, 1.807) is 11.7 Å². The van der Waals surface area contributed by atoms with Crippen LogP contribution in [0.3, 0.4) is 0 Å². The first-order chi connectivity index (χ1) is 22.9. The summed E-state index contributed by atoms with van der Waals surface area (Å²) in [7, 11) is 1.78. The zero-order valence-electron chi connectivity index (χ0n) is 25.6. The van der Waals surface area contributed by atoms with Crippen molar-refractivity contribution in [2.75, 3.05) is 5.75 Å². The quantitative estimate of drug-likeness (QED) is 0.179. The molecule has 3 heterocycles. The number of amides is 3. The number of nitrogens with one attached hydrogen (secondary N) is 1. The molecule has 2 saturated heterocycles. The molecule has 1 unspecified atom stereocenters. The van der Waals surface area contributed by atoms with Gasteiger partial charge in [0.2, 0.25) is 11.1 Å². The van der Waals surface area contributed by atoms with Crippen LogP contribution in [0.25, 0.3) is 0 Å². The standard InChI is InChI=1S/C33H34N6O7S/c1-38-32(35-36-37-38)47-20-26-15-28(24-11-9-22(18-40)10-12-24)46-31(45-26)25-13-7-21(8-14-25)17-39-29(41)16-27(30(39)42)34-33(43)44-19-23-5-3-2-4-6-23/h2-14,26-28,31,40H,15-20H2,1H3,(H,34,43)/t26-,27?,28+,31+/m0/s1. The van der Waals surface area contributed by atoms with Gasteiger partial charge in [0.05, 0.1) is 31.8 Å². The van der Waals surface area contributed by atoms with E-state index in [0.29, 0.717) is 17.3 Å². The number of carbonyl (C=O) groups is 3. The van der Waals surface area contributed by atoms with Gasteiger partial charge in [0.15, 0.2) is 6.29 Å². The van der Waals surface area contributed by atoms with E-state index in [1.807, 2.05) is 78.9 Å². The van der Waals surface area contributed by atoms with Crippen LogP contribution in [-0.4, -0.2) is 66.0 Å². The van der Waals surface area contributed by atoms with Crippen molar-refractivity contribution < 1.29 is 33.7 Å². The second kappa shape index (κ2) is 14.9. The summed E-state index contributed by atoms with van der Waals surface area (Å²) >= 11 is 1.50. The normalized spacial score (nSPS) is 21.2. The second-order valence-electron chi connectivity index (χ2n) is 11.3. The maximum absolute atomic E-state index is 13.0. The number of ether oxygens (including phenoxy) is 3. The van der Waals surface area contributed by atoms with E-state index >= 15 is 0 Å². The van der Waals surface area contributed by atoms with Crippen molar-refractivity contribution >= 4 is 29.7 Å². The predicted octanol–water partition coefficient (Wildman–Crippen LogP) is 3.59. The largest absolute Gasteiger partial charge is 0.445 e. The molecule has 2 aliphatic rings. The number of aromatic nitrogens is 4. The first kappa shape index (κ1) is 32.3. The van der Waals surface area contributed by atoms with E-state index in [2.05, 4.69) is 20.8 Å². The molecule has 14 heteroatoms. The highest BCUT2D eigenvalue weighted by molar-refractivity contribution is 7.99. The molecule has 3 aromatic carbocycles. The molecule has 47 heavy (non-hydrogen) atoms. The van der Waals surface area contributed by atoms with E-state index in [9.17, 15) is 19.5 Å². The SMILES string of the molecule is Cn1nnnc1SC[C@@H]1C[C@H](c2ccc(CO)cc2)O[C@H](c2ccc(CN3C(=O)CC(NC(=O)OCc4ccccc4)C3=O)cc2)O1. The van der Waals surface area contributed by atoms with Crippen LogP contribution in [-0.2, 0) is 50.6 Å². The third kappa shape index (κ3) is 8.03. The predicted molar refractivity (Wildman–Crippen MR) is 168 cm³/mol. The van der Waals surface area contributed by atoms with Gasteiger partial charge in [0.1, 0.15) is 12.6 Å². The van der Waals surface area contributed by atoms with E-state index in [-0.39, 0.29) is 44.3 Å². The van der Waals surface area contributed by atoms with Gasteiger partial charge in [-0.3, -0.25) is 14.5 Å². The lowest BCUT2D eigenvalue weighted by molar-refractivity contribution is -0.245.